The minimum atomic E-state index is -0.101. The molecule has 21 heavy (non-hydrogen) atoms. The van der Waals surface area contributed by atoms with Crippen molar-refractivity contribution >= 4 is 17.2 Å². The van der Waals surface area contributed by atoms with Crippen LogP contribution in [-0.2, 0) is 4.79 Å². The topological polar surface area (TPSA) is 44.8 Å². The number of carbonyl (C=O) groups is 1. The van der Waals surface area contributed by atoms with Crippen molar-refractivity contribution in [3.63, 3.8) is 0 Å². The molecule has 2 atom stereocenters. The van der Waals surface area contributed by atoms with Gasteiger partial charge in [-0.2, -0.15) is 0 Å². The predicted molar refractivity (Wildman–Crippen MR) is 80.7 cm³/mol. The van der Waals surface area contributed by atoms with Crippen LogP contribution in [0, 0.1) is 5.92 Å². The van der Waals surface area contributed by atoms with Crippen LogP contribution < -0.4 is 15.0 Å². The fourth-order valence-corrected chi connectivity index (χ4v) is 3.24. The Bertz CT molecular complexity index is 707. The molecular weight excluding hydrogens is 266 g/mol. The summed E-state index contributed by atoms with van der Waals surface area (Å²) in [5.41, 5.74) is 3.99. The van der Waals surface area contributed by atoms with Crippen LogP contribution in [0.15, 0.2) is 41.9 Å². The van der Waals surface area contributed by atoms with E-state index in [0.717, 1.165) is 28.4 Å². The average molecular weight is 283 g/mol. The first-order chi connectivity index (χ1) is 10.1. The third-order valence-electron chi connectivity index (χ3n) is 4.42. The van der Waals surface area contributed by atoms with Gasteiger partial charge in [0, 0.05) is 29.7 Å². The maximum absolute atomic E-state index is 12.1. The van der Waals surface area contributed by atoms with Gasteiger partial charge in [0.15, 0.2) is 12.1 Å². The molecule has 1 aromatic rings. The third kappa shape index (κ3) is 1.54. The van der Waals surface area contributed by atoms with Gasteiger partial charge in [-0.15, -0.1) is 0 Å². The van der Waals surface area contributed by atoms with Gasteiger partial charge in [0.2, 0.25) is 0 Å². The summed E-state index contributed by atoms with van der Waals surface area (Å²) in [5, 5.41) is 3.49. The van der Waals surface area contributed by atoms with Gasteiger partial charge in [0.05, 0.1) is 24.4 Å². The van der Waals surface area contributed by atoms with E-state index in [1.54, 1.807) is 7.11 Å². The van der Waals surface area contributed by atoms with Gasteiger partial charge < -0.3 is 19.9 Å². The molecule has 0 aromatic heterocycles. The Balaban J connectivity index is 1.80. The number of ketones is 1. The van der Waals surface area contributed by atoms with Crippen molar-refractivity contribution in [2.45, 2.75) is 20.1 Å². The lowest BCUT2D eigenvalue weighted by atomic mass is 9.94. The number of nitrogens with one attached hydrogen (secondary N) is 1. The van der Waals surface area contributed by atoms with E-state index in [9.17, 15) is 4.79 Å². The molecule has 1 N–H and O–H groups in total. The highest BCUT2D eigenvalue weighted by Gasteiger charge is 2.43. The van der Waals surface area contributed by atoms with Crippen LogP contribution in [0.1, 0.15) is 13.8 Å². The molecule has 5 heteroatoms. The number of Topliss-reactive ketones (excluding diaryl/α,β-unsaturated/α-hetero) is 1. The number of allylic oxidation sites excluding steroid dienone is 2. The third-order valence-corrected chi connectivity index (χ3v) is 4.42. The highest BCUT2D eigenvalue weighted by molar-refractivity contribution is 5.99. The number of fused-ring (bicyclic) bond motifs is 5. The summed E-state index contributed by atoms with van der Waals surface area (Å²) in [5.74, 6) is 0.927. The zero-order valence-electron chi connectivity index (χ0n) is 12.3. The molecule has 0 fully saturated rings. The SMILES string of the molecule is COc1ccc2c(c1)N1C=C3C(C)C(=O)C(C)=CN3C1N2. The van der Waals surface area contributed by atoms with Crippen molar-refractivity contribution < 1.29 is 9.53 Å². The molecule has 3 heterocycles. The van der Waals surface area contributed by atoms with E-state index in [0.29, 0.717) is 0 Å². The number of methoxy groups -OCH3 is 1. The number of hydrogen-bond acceptors (Lipinski definition) is 5. The molecule has 5 nitrogen and oxygen atoms in total. The van der Waals surface area contributed by atoms with Crippen LogP contribution in [-0.4, -0.2) is 24.1 Å². The van der Waals surface area contributed by atoms with Crippen LogP contribution >= 0.6 is 0 Å². The van der Waals surface area contributed by atoms with Crippen molar-refractivity contribution in [2.75, 3.05) is 17.3 Å². The molecule has 0 bridgehead atoms. The average Bonchev–Trinajstić information content (AvgIpc) is 3.01. The van der Waals surface area contributed by atoms with Gasteiger partial charge in [-0.25, -0.2) is 0 Å². The van der Waals surface area contributed by atoms with Gasteiger partial charge in [0.25, 0.3) is 0 Å². The standard InChI is InChI=1S/C16H17N3O2/c1-9-7-18-14(10(2)15(9)20)8-19-13-6-11(21-3)4-5-12(13)17-16(18)19/h4-8,10,16-17H,1-3H3. The molecule has 3 aliphatic heterocycles. The van der Waals surface area contributed by atoms with E-state index in [1.165, 1.54) is 0 Å². The van der Waals surface area contributed by atoms with Crippen LogP contribution in [0.4, 0.5) is 11.4 Å². The van der Waals surface area contributed by atoms with Gasteiger partial charge in [0.1, 0.15) is 5.75 Å². The number of ether oxygens (including phenoxy) is 1. The maximum Gasteiger partial charge on any atom is 0.186 e. The molecular formula is C16H17N3O2. The Hall–Kier alpha value is -2.43. The number of rotatable bonds is 1. The second-order valence-corrected chi connectivity index (χ2v) is 5.67. The molecule has 0 saturated heterocycles. The van der Waals surface area contributed by atoms with Gasteiger partial charge in [-0.3, -0.25) is 4.79 Å². The Morgan fingerprint density at radius 1 is 1.24 bits per heavy atom. The van der Waals surface area contributed by atoms with Crippen molar-refractivity contribution in [3.05, 3.63) is 41.9 Å². The monoisotopic (exact) mass is 283 g/mol. The molecule has 0 radical (unpaired) electrons. The van der Waals surface area contributed by atoms with Crippen molar-refractivity contribution in [3.8, 4) is 5.75 Å². The Labute approximate surface area is 123 Å². The highest BCUT2D eigenvalue weighted by Crippen LogP contribution is 2.45. The summed E-state index contributed by atoms with van der Waals surface area (Å²) >= 11 is 0. The fourth-order valence-electron chi connectivity index (χ4n) is 3.24. The first kappa shape index (κ1) is 12.3. The second-order valence-electron chi connectivity index (χ2n) is 5.67. The minimum Gasteiger partial charge on any atom is -0.497 e. The number of nitrogens with zero attached hydrogens (tertiary/aromatic N) is 2. The summed E-state index contributed by atoms with van der Waals surface area (Å²) in [6, 6.07) is 5.98. The molecule has 0 amide bonds. The predicted octanol–water partition coefficient (Wildman–Crippen LogP) is 2.49. The smallest absolute Gasteiger partial charge is 0.186 e. The summed E-state index contributed by atoms with van der Waals surface area (Å²) in [6.07, 6.45) is 4.01. The highest BCUT2D eigenvalue weighted by atomic mass is 16.5. The molecule has 1 aromatic carbocycles. The van der Waals surface area contributed by atoms with Crippen LogP contribution in [0.5, 0.6) is 5.75 Å². The normalized spacial score (nSPS) is 25.8. The van der Waals surface area contributed by atoms with E-state index >= 15 is 0 Å². The summed E-state index contributed by atoms with van der Waals surface area (Å²) in [4.78, 5) is 16.4. The lowest BCUT2D eigenvalue weighted by molar-refractivity contribution is -0.118. The molecule has 3 aliphatic rings. The molecule has 0 aliphatic carbocycles. The Morgan fingerprint density at radius 2 is 2.05 bits per heavy atom. The summed E-state index contributed by atoms with van der Waals surface area (Å²) in [7, 11) is 1.67. The molecule has 0 saturated carbocycles. The van der Waals surface area contributed by atoms with Crippen molar-refractivity contribution in [2.24, 2.45) is 5.92 Å². The number of anilines is 2. The first-order valence-electron chi connectivity index (χ1n) is 7.06. The molecule has 0 spiro atoms. The number of benzene rings is 1. The Kier molecular flexibility index (Phi) is 2.37. The lowest BCUT2D eigenvalue weighted by Gasteiger charge is -2.32. The van der Waals surface area contributed by atoms with E-state index in [4.69, 9.17) is 4.74 Å². The van der Waals surface area contributed by atoms with Crippen LogP contribution in [0.3, 0.4) is 0 Å². The van der Waals surface area contributed by atoms with E-state index in [-0.39, 0.29) is 18.0 Å². The molecule has 108 valence electrons. The lowest BCUT2D eigenvalue weighted by Crippen LogP contribution is -2.42. The van der Waals surface area contributed by atoms with Crippen molar-refractivity contribution in [1.82, 2.24) is 4.90 Å². The van der Waals surface area contributed by atoms with Crippen LogP contribution in [0.2, 0.25) is 0 Å². The first-order valence-corrected chi connectivity index (χ1v) is 7.06. The van der Waals surface area contributed by atoms with Gasteiger partial charge in [-0.1, -0.05) is 0 Å². The van der Waals surface area contributed by atoms with Crippen LogP contribution in [0.25, 0.3) is 0 Å². The summed E-state index contributed by atoms with van der Waals surface area (Å²) in [6.45, 7) is 3.84. The quantitative estimate of drug-likeness (QED) is 0.858. The van der Waals surface area contributed by atoms with E-state index in [2.05, 4.69) is 21.3 Å². The van der Waals surface area contributed by atoms with E-state index < -0.39 is 0 Å². The number of carbonyl (C=O) groups excluding carboxylic acids is 1. The number of hydrogen-bond donors (Lipinski definition) is 1. The van der Waals surface area contributed by atoms with Gasteiger partial charge >= 0.3 is 0 Å². The zero-order chi connectivity index (χ0) is 14.7. The van der Waals surface area contributed by atoms with Crippen molar-refractivity contribution in [1.29, 1.82) is 0 Å². The van der Waals surface area contributed by atoms with Gasteiger partial charge in [-0.05, 0) is 26.0 Å². The fraction of sp³-hybridized carbons (Fsp3) is 0.312. The molecule has 4 rings (SSSR count). The largest absolute Gasteiger partial charge is 0.497 e. The zero-order valence-corrected chi connectivity index (χ0v) is 12.3. The summed E-state index contributed by atoms with van der Waals surface area (Å²) < 4.78 is 5.31. The minimum absolute atomic E-state index is 0.00704. The maximum atomic E-state index is 12.1. The Morgan fingerprint density at radius 3 is 2.81 bits per heavy atom. The van der Waals surface area contributed by atoms with E-state index in [1.807, 2.05) is 38.2 Å². The second kappa shape index (κ2) is 4.04. The molecule has 2 unspecified atom stereocenters.